The van der Waals surface area contributed by atoms with E-state index in [-0.39, 0.29) is 154 Å². The Kier molecular flexibility index (Phi) is 239. The van der Waals surface area contributed by atoms with Gasteiger partial charge in [-0.15, -0.1) is 0 Å². The molecule has 1 radical (unpaired) electrons. The van der Waals surface area contributed by atoms with Gasteiger partial charge in [-0.25, -0.2) is 0 Å². The van der Waals surface area contributed by atoms with Gasteiger partial charge < -0.3 is 2.85 Å². The van der Waals surface area contributed by atoms with Crippen LogP contribution in [0.2, 0.25) is 0 Å². The summed E-state index contributed by atoms with van der Waals surface area (Å²) in [5.41, 5.74) is 0. The van der Waals surface area contributed by atoms with Crippen molar-refractivity contribution in [1.82, 2.24) is 0 Å². The molecule has 6 heavy (non-hydrogen) atoms. The molecule has 41 valence electrons. The number of hydrogen-bond donors (Lipinski definition) is 0. The van der Waals surface area contributed by atoms with Crippen molar-refractivity contribution in [3.05, 3.63) is 0 Å². The first kappa shape index (κ1) is 44.2. The molecule has 0 spiro atoms. The molecule has 1 atom stereocenters. The van der Waals surface area contributed by atoms with Crippen LogP contribution >= 0.6 is 0 Å². The van der Waals surface area contributed by atoms with E-state index in [2.05, 4.69) is 0 Å². The van der Waals surface area contributed by atoms with E-state index in [1.807, 2.05) is 0 Å². The minimum atomic E-state index is 0. The summed E-state index contributed by atoms with van der Waals surface area (Å²) in [6, 6.07) is 0. The van der Waals surface area contributed by atoms with Gasteiger partial charge in [0, 0.05) is 44.4 Å². The summed E-state index contributed by atoms with van der Waals surface area (Å²) >= 11 is 0. The topological polar surface area (TPSA) is 0 Å². The van der Waals surface area contributed by atoms with E-state index in [4.69, 9.17) is 0 Å². The molecule has 0 aromatic rings. The molecule has 0 bridgehead atoms. The van der Waals surface area contributed by atoms with Crippen LogP contribution in [0, 0.1) is 0 Å². The molecule has 0 aromatic carbocycles. The van der Waals surface area contributed by atoms with E-state index in [1.165, 1.54) is 0 Å². The van der Waals surface area contributed by atoms with Crippen molar-refractivity contribution in [2.75, 3.05) is 0 Å². The predicted octanol–water partition coefficient (Wildman–Crippen LogP) is -3.71. The second-order valence-electron chi connectivity index (χ2n) is 0. The number of rotatable bonds is 0. The van der Waals surface area contributed by atoms with Gasteiger partial charge in [-0.2, -0.15) is 0 Å². The fourth-order valence-corrected chi connectivity index (χ4v) is 0. The van der Waals surface area contributed by atoms with Crippen molar-refractivity contribution >= 4 is 106 Å². The number of hydrogen-bond acceptors (Lipinski definition) is 0. The van der Waals surface area contributed by atoms with Crippen LogP contribution in [0.1, 0.15) is 2.85 Å². The van der Waals surface area contributed by atoms with Crippen LogP contribution in [0.5, 0.6) is 0 Å². The molecule has 0 aliphatic carbocycles. The van der Waals surface area contributed by atoms with E-state index in [0.29, 0.717) is 0 Å². The molecular weight excluding hydrogens is 622 g/mol. The molecule has 0 rings (SSSR count). The van der Waals surface area contributed by atoms with Gasteiger partial charge in [0.15, 0.2) is 0 Å². The third-order valence-corrected chi connectivity index (χ3v) is 0. The first-order chi connectivity index (χ1) is 0. The van der Waals surface area contributed by atoms with Crippen molar-refractivity contribution < 1.29 is 47.2 Å². The van der Waals surface area contributed by atoms with Crippen LogP contribution in [0.25, 0.3) is 0 Å². The van der Waals surface area contributed by atoms with E-state index in [1.54, 1.807) is 0 Å². The summed E-state index contributed by atoms with van der Waals surface area (Å²) in [6.45, 7) is 0. The zero-order valence-electron chi connectivity index (χ0n) is 5.84. The summed E-state index contributed by atoms with van der Waals surface area (Å²) in [7, 11) is 0. The monoisotopic (exact) mass is 633 g/mol. The summed E-state index contributed by atoms with van der Waals surface area (Å²) in [6.07, 6.45) is 0. The molecule has 0 fully saturated rings. The van der Waals surface area contributed by atoms with Crippen LogP contribution in [-0.4, -0.2) is 106 Å². The molecule has 0 saturated heterocycles. The van der Waals surface area contributed by atoms with Crippen molar-refractivity contribution in [2.24, 2.45) is 0 Å². The Hall–Kier alpha value is 4.96. The van der Waals surface area contributed by atoms with Gasteiger partial charge in [0.05, 0.1) is 0 Å². The molecule has 6 heteroatoms. The fourth-order valence-electron chi connectivity index (χ4n) is 0. The van der Waals surface area contributed by atoms with E-state index in [0.717, 1.165) is 0 Å². The van der Waals surface area contributed by atoms with Crippen LogP contribution in [0.3, 0.4) is 0 Å². The van der Waals surface area contributed by atoms with Crippen LogP contribution in [0.15, 0.2) is 0 Å². The minimum absolute atomic E-state index is 0. The molecule has 1 unspecified atom stereocenters. The second-order valence-corrected chi connectivity index (χ2v) is 0. The SMILES string of the molecule is [AsH3].[BiH3].[Ca+2].[Cd].[Cu].[H-].[H-].[SbH3]. The molecule has 0 heterocycles. The molecular formula is H11AsBiCaCdCuSb. The van der Waals surface area contributed by atoms with Gasteiger partial charge in [-0.3, -0.25) is 0 Å². The fraction of sp³-hybridized carbons (Fsp3) is 0. The molecule has 0 aliphatic rings. The van der Waals surface area contributed by atoms with Crippen LogP contribution in [0.4, 0.5) is 0 Å². The Balaban J connectivity index is 0. The van der Waals surface area contributed by atoms with Crippen molar-refractivity contribution in [2.45, 2.75) is 0 Å². The summed E-state index contributed by atoms with van der Waals surface area (Å²) in [5, 5.41) is 0. The maximum atomic E-state index is 0. The third kappa shape index (κ3) is 23.1. The third-order valence-electron chi connectivity index (χ3n) is 0. The first-order valence-electron chi connectivity index (χ1n) is 0. The predicted molar refractivity (Wildman–Crippen MR) is 37.8 cm³/mol. The Morgan fingerprint density at radius 2 is 1.17 bits per heavy atom. The van der Waals surface area contributed by atoms with Gasteiger partial charge in [0.1, 0.15) is 0 Å². The van der Waals surface area contributed by atoms with Crippen LogP contribution in [-0.2, 0) is 44.4 Å². The Labute approximate surface area is 150 Å². The standard InChI is InChI=1S/AsH3.Bi.Ca.Cd.Cu.Sb.8H/h1H3;;;;;;;;;;;;;/q;;+2;;;;;;;;;;2*-1. The summed E-state index contributed by atoms with van der Waals surface area (Å²) in [5.74, 6) is 0. The Bertz CT molecular complexity index is 22.0. The van der Waals surface area contributed by atoms with E-state index < -0.39 is 0 Å². The molecule has 0 amide bonds. The normalized spacial score (nSPS) is 0. The zero-order valence-corrected chi connectivity index (χ0v) is 23.5. The molecule has 0 aromatic heterocycles. The second kappa shape index (κ2) is 32.5. The molecule has 0 N–H and O–H groups in total. The van der Waals surface area contributed by atoms with Gasteiger partial charge in [-0.1, -0.05) is 0 Å². The molecule has 0 aliphatic heterocycles. The summed E-state index contributed by atoms with van der Waals surface area (Å²) in [4.78, 5) is 0. The van der Waals surface area contributed by atoms with Crippen molar-refractivity contribution in [1.29, 1.82) is 0 Å². The molecule has 0 saturated carbocycles. The Morgan fingerprint density at radius 1 is 1.17 bits per heavy atom. The Morgan fingerprint density at radius 3 is 1.17 bits per heavy atom. The van der Waals surface area contributed by atoms with E-state index in [9.17, 15) is 0 Å². The quantitative estimate of drug-likeness (QED) is 0.242. The summed E-state index contributed by atoms with van der Waals surface area (Å²) < 4.78 is 0. The maximum absolute atomic E-state index is 0. The zero-order chi connectivity index (χ0) is 0. The van der Waals surface area contributed by atoms with Gasteiger partial charge >= 0.3 is 106 Å². The van der Waals surface area contributed by atoms with Gasteiger partial charge in [0.25, 0.3) is 0 Å². The van der Waals surface area contributed by atoms with Crippen molar-refractivity contribution in [3.63, 3.8) is 0 Å². The van der Waals surface area contributed by atoms with Crippen molar-refractivity contribution in [3.8, 4) is 0 Å². The average Bonchev–Trinajstić information content (AvgIpc) is 0. The van der Waals surface area contributed by atoms with E-state index >= 15 is 0 Å². The van der Waals surface area contributed by atoms with Gasteiger partial charge in [0.2, 0.25) is 0 Å². The van der Waals surface area contributed by atoms with Gasteiger partial charge in [-0.05, 0) is 0 Å². The first-order valence-corrected chi connectivity index (χ1v) is 0. The average molecular weight is 633 g/mol. The molecule has 0 nitrogen and oxygen atoms in total. The van der Waals surface area contributed by atoms with Crippen LogP contribution < -0.4 is 0 Å².